The Labute approximate surface area is 128 Å². The number of allylic oxidation sites excluding steroid dienone is 3. The van der Waals surface area contributed by atoms with Gasteiger partial charge in [-0.05, 0) is 25.1 Å². The van der Waals surface area contributed by atoms with Crippen molar-refractivity contribution in [3.05, 3.63) is 54.1 Å². The van der Waals surface area contributed by atoms with E-state index in [-0.39, 0.29) is 22.4 Å². The summed E-state index contributed by atoms with van der Waals surface area (Å²) in [5, 5.41) is 0. The summed E-state index contributed by atoms with van der Waals surface area (Å²) < 4.78 is 24.8. The van der Waals surface area contributed by atoms with Crippen molar-refractivity contribution in [2.24, 2.45) is 15.9 Å². The highest BCUT2D eigenvalue weighted by atomic mass is 32.2. The first-order chi connectivity index (χ1) is 10.5. The van der Waals surface area contributed by atoms with Gasteiger partial charge in [0.1, 0.15) is 17.5 Å². The topological polar surface area (TPSA) is 75.9 Å². The number of nitrogens with zero attached hydrogens (tertiary/aromatic N) is 2. The quantitative estimate of drug-likeness (QED) is 0.855. The van der Waals surface area contributed by atoms with E-state index in [1.54, 1.807) is 48.6 Å². The molecular weight excluding hydrogens is 300 g/mol. The van der Waals surface area contributed by atoms with Gasteiger partial charge in [0.25, 0.3) is 5.91 Å². The van der Waals surface area contributed by atoms with Crippen LogP contribution >= 0.6 is 0 Å². The van der Waals surface area contributed by atoms with Crippen LogP contribution in [0.5, 0.6) is 0 Å². The molecule has 1 aromatic carbocycles. The van der Waals surface area contributed by atoms with Gasteiger partial charge in [0.15, 0.2) is 9.84 Å². The number of amides is 1. The Bertz CT molecular complexity index is 844. The molecule has 5 nitrogen and oxygen atoms in total. The lowest BCUT2D eigenvalue weighted by Gasteiger charge is -2.17. The van der Waals surface area contributed by atoms with Gasteiger partial charge in [-0.2, -0.15) is 4.99 Å². The lowest BCUT2D eigenvalue weighted by molar-refractivity contribution is -0.118. The third-order valence-corrected chi connectivity index (χ3v) is 5.09. The summed E-state index contributed by atoms with van der Waals surface area (Å²) in [6.45, 7) is 1.88. The number of carbonyl (C=O) groups excluding carboxylic acids is 1. The Morgan fingerprint density at radius 2 is 1.82 bits per heavy atom. The minimum atomic E-state index is -3.57. The molecule has 0 saturated carbocycles. The van der Waals surface area contributed by atoms with Crippen LogP contribution in [0.4, 0.5) is 0 Å². The number of aryl methyl sites for hydroxylation is 1. The largest absolute Gasteiger partial charge is 0.271 e. The molecule has 6 heteroatoms. The van der Waals surface area contributed by atoms with Crippen molar-refractivity contribution in [1.29, 1.82) is 0 Å². The number of rotatable bonds is 3. The predicted octanol–water partition coefficient (Wildman–Crippen LogP) is 1.89. The van der Waals surface area contributed by atoms with Crippen LogP contribution in [0.2, 0.25) is 0 Å². The molecular formula is C16H14N2O3S. The summed E-state index contributed by atoms with van der Waals surface area (Å²) in [5.41, 5.74) is 1.52. The highest BCUT2D eigenvalue weighted by Crippen LogP contribution is 2.18. The van der Waals surface area contributed by atoms with Crippen LogP contribution < -0.4 is 0 Å². The van der Waals surface area contributed by atoms with E-state index in [4.69, 9.17) is 0 Å². The number of carbonyl (C=O) groups is 1. The van der Waals surface area contributed by atoms with Gasteiger partial charge >= 0.3 is 0 Å². The highest BCUT2D eigenvalue weighted by molar-refractivity contribution is 7.92. The van der Waals surface area contributed by atoms with Gasteiger partial charge in [-0.15, -0.1) is 0 Å². The van der Waals surface area contributed by atoms with E-state index in [2.05, 4.69) is 9.98 Å². The summed E-state index contributed by atoms with van der Waals surface area (Å²) >= 11 is 0. The lowest BCUT2D eigenvalue weighted by atomic mass is 9.97. The molecule has 0 fully saturated rings. The molecule has 0 bridgehead atoms. The van der Waals surface area contributed by atoms with Crippen LogP contribution in [0, 0.1) is 12.8 Å². The van der Waals surface area contributed by atoms with E-state index in [1.165, 1.54) is 0 Å². The molecule has 1 aliphatic heterocycles. The van der Waals surface area contributed by atoms with E-state index in [0.29, 0.717) is 5.71 Å². The Morgan fingerprint density at radius 1 is 1.09 bits per heavy atom. The van der Waals surface area contributed by atoms with Crippen molar-refractivity contribution < 1.29 is 13.2 Å². The number of benzene rings is 1. The first-order valence-corrected chi connectivity index (χ1v) is 8.45. The van der Waals surface area contributed by atoms with Crippen LogP contribution in [0.25, 0.3) is 0 Å². The SMILES string of the molecule is Cc1ccc(S(=O)(=O)CC2=NC(=O)C3C=CC=CC3=N2)cc1. The van der Waals surface area contributed by atoms with Gasteiger partial charge in [-0.3, -0.25) is 4.79 Å². The summed E-state index contributed by atoms with van der Waals surface area (Å²) in [5.74, 6) is -1.21. The normalized spacial score (nSPS) is 20.4. The molecule has 0 N–H and O–H groups in total. The second-order valence-electron chi connectivity index (χ2n) is 5.20. The Kier molecular flexibility index (Phi) is 3.62. The molecule has 112 valence electrons. The molecule has 22 heavy (non-hydrogen) atoms. The lowest BCUT2D eigenvalue weighted by Crippen LogP contribution is -2.29. The van der Waals surface area contributed by atoms with E-state index in [0.717, 1.165) is 5.56 Å². The monoisotopic (exact) mass is 314 g/mol. The van der Waals surface area contributed by atoms with E-state index in [9.17, 15) is 13.2 Å². The Hall–Kier alpha value is -2.34. The third kappa shape index (κ3) is 2.82. The summed E-state index contributed by atoms with van der Waals surface area (Å²) in [4.78, 5) is 20.2. The molecule has 3 rings (SSSR count). The van der Waals surface area contributed by atoms with Crippen molar-refractivity contribution in [2.75, 3.05) is 5.75 Å². The fourth-order valence-electron chi connectivity index (χ4n) is 2.28. The first kappa shape index (κ1) is 14.6. The van der Waals surface area contributed by atoms with Gasteiger partial charge in [0.2, 0.25) is 0 Å². The van der Waals surface area contributed by atoms with Crippen LogP contribution in [0.3, 0.4) is 0 Å². The molecule has 0 aromatic heterocycles. The summed E-state index contributed by atoms with van der Waals surface area (Å²) in [6, 6.07) is 6.57. The van der Waals surface area contributed by atoms with E-state index in [1.807, 2.05) is 6.92 Å². The smallest absolute Gasteiger partial charge is 0.260 e. The fourth-order valence-corrected chi connectivity index (χ4v) is 3.47. The van der Waals surface area contributed by atoms with E-state index < -0.39 is 15.8 Å². The van der Waals surface area contributed by atoms with Crippen LogP contribution in [0.15, 0.2) is 63.4 Å². The Morgan fingerprint density at radius 3 is 2.55 bits per heavy atom. The first-order valence-electron chi connectivity index (χ1n) is 6.80. The summed E-state index contributed by atoms with van der Waals surface area (Å²) in [6.07, 6.45) is 6.93. The van der Waals surface area contributed by atoms with Crippen LogP contribution in [-0.2, 0) is 14.6 Å². The standard InChI is InChI=1S/C16H14N2O3S/c1-11-6-8-12(9-7-11)22(20,21)10-15-17-14-5-3-2-4-13(14)16(19)18-15/h2-9,13H,10H2,1H3. The van der Waals surface area contributed by atoms with Crippen molar-refractivity contribution in [3.63, 3.8) is 0 Å². The molecule has 1 aromatic rings. The Balaban J connectivity index is 1.88. The minimum absolute atomic E-state index is 0.0387. The van der Waals surface area contributed by atoms with Gasteiger partial charge in [0, 0.05) is 0 Å². The average Bonchev–Trinajstić information content (AvgIpc) is 2.47. The molecule has 1 aliphatic carbocycles. The molecule has 1 atom stereocenters. The molecule has 0 spiro atoms. The van der Waals surface area contributed by atoms with E-state index >= 15 is 0 Å². The van der Waals surface area contributed by atoms with Gasteiger partial charge in [0.05, 0.1) is 10.6 Å². The maximum atomic E-state index is 12.4. The fraction of sp³-hybridized carbons (Fsp3) is 0.188. The maximum Gasteiger partial charge on any atom is 0.260 e. The zero-order valence-corrected chi connectivity index (χ0v) is 12.7. The van der Waals surface area contributed by atoms with Crippen LogP contribution in [0.1, 0.15) is 5.56 Å². The molecule has 2 aliphatic rings. The second-order valence-corrected chi connectivity index (χ2v) is 7.19. The average molecular weight is 314 g/mol. The van der Waals surface area contributed by atoms with Crippen molar-refractivity contribution in [2.45, 2.75) is 11.8 Å². The third-order valence-electron chi connectivity index (χ3n) is 3.46. The minimum Gasteiger partial charge on any atom is -0.271 e. The zero-order chi connectivity index (χ0) is 15.7. The van der Waals surface area contributed by atoms with Gasteiger partial charge < -0.3 is 0 Å². The number of hydrogen-bond acceptors (Lipinski definition) is 4. The number of aliphatic imine (C=N–C) groups is 2. The van der Waals surface area contributed by atoms with Crippen molar-refractivity contribution >= 4 is 27.3 Å². The second kappa shape index (κ2) is 5.46. The maximum absolute atomic E-state index is 12.4. The van der Waals surface area contributed by atoms with Gasteiger partial charge in [-0.25, -0.2) is 13.4 Å². The molecule has 1 heterocycles. The van der Waals surface area contributed by atoms with Gasteiger partial charge in [-0.1, -0.05) is 35.9 Å². The highest BCUT2D eigenvalue weighted by Gasteiger charge is 2.28. The zero-order valence-electron chi connectivity index (χ0n) is 11.9. The number of fused-ring (bicyclic) bond motifs is 1. The van der Waals surface area contributed by atoms with Crippen molar-refractivity contribution in [1.82, 2.24) is 0 Å². The van der Waals surface area contributed by atoms with Crippen molar-refractivity contribution in [3.8, 4) is 0 Å². The summed E-state index contributed by atoms with van der Waals surface area (Å²) in [7, 11) is -3.57. The molecule has 1 unspecified atom stereocenters. The number of sulfone groups is 1. The molecule has 0 saturated heterocycles. The molecule has 0 radical (unpaired) electrons. The number of hydrogen-bond donors (Lipinski definition) is 0. The molecule has 1 amide bonds. The predicted molar refractivity (Wildman–Crippen MR) is 84.9 cm³/mol. The van der Waals surface area contributed by atoms with Crippen LogP contribution in [-0.4, -0.2) is 31.6 Å². The number of amidine groups is 1.